The average Bonchev–Trinajstić information content (AvgIpc) is 1.83. The van der Waals surface area contributed by atoms with E-state index in [1.54, 1.807) is 0 Å². The van der Waals surface area contributed by atoms with Crippen LogP contribution in [0.3, 0.4) is 0 Å². The Hall–Kier alpha value is -1.04. The minimum atomic E-state index is -0.633. The van der Waals surface area contributed by atoms with E-state index in [1.807, 2.05) is 5.10 Å². The summed E-state index contributed by atoms with van der Waals surface area (Å²) in [6.07, 6.45) is 0.967. The Balaban J connectivity index is 3.62. The number of nitrogens with zero attached hydrogens (tertiary/aromatic N) is 2. The van der Waals surface area contributed by atoms with E-state index < -0.39 is 11.2 Å². The van der Waals surface area contributed by atoms with Crippen molar-refractivity contribution < 1.29 is 0 Å². The van der Waals surface area contributed by atoms with Gasteiger partial charge in [0.2, 0.25) is 0 Å². The monoisotopic (exact) mass is 145 g/mol. The molecular weight excluding hydrogens is 142 g/mol. The minimum absolute atomic E-state index is 0.540. The fraction of sp³-hybridized carbons (Fsp3) is 0. The molecule has 0 saturated heterocycles. The fourth-order valence-electron chi connectivity index (χ4n) is 0.345. The molecule has 0 aromatic carbocycles. The normalized spacial score (nSPS) is 9.44. The standard InChI is InChI=1S/C3H3N3O2S/c7-2-1-4-5-3(8)6(2)9/h1,9H,(H,5,8). The molecule has 0 amide bonds. The molecule has 6 heteroatoms. The lowest BCUT2D eigenvalue weighted by atomic mass is 10.9. The second-order valence-corrected chi connectivity index (χ2v) is 1.73. The van der Waals surface area contributed by atoms with Crippen LogP contribution >= 0.6 is 12.8 Å². The van der Waals surface area contributed by atoms with Crippen LogP contribution in [0.2, 0.25) is 0 Å². The van der Waals surface area contributed by atoms with Crippen molar-refractivity contribution in [1.82, 2.24) is 14.2 Å². The molecule has 1 aromatic heterocycles. The number of hydrogen-bond acceptors (Lipinski definition) is 4. The lowest BCUT2D eigenvalue weighted by Gasteiger charge is -1.86. The highest BCUT2D eigenvalue weighted by Gasteiger charge is 1.91. The van der Waals surface area contributed by atoms with Crippen molar-refractivity contribution in [2.45, 2.75) is 0 Å². The van der Waals surface area contributed by atoms with Crippen molar-refractivity contribution in [3.05, 3.63) is 27.0 Å². The van der Waals surface area contributed by atoms with Crippen molar-refractivity contribution in [1.29, 1.82) is 0 Å². The highest BCUT2D eigenvalue weighted by molar-refractivity contribution is 7.78. The van der Waals surface area contributed by atoms with E-state index in [-0.39, 0.29) is 0 Å². The number of rotatable bonds is 0. The zero-order chi connectivity index (χ0) is 6.85. The number of aromatic nitrogens is 3. The summed E-state index contributed by atoms with van der Waals surface area (Å²) in [7, 11) is 0. The summed E-state index contributed by atoms with van der Waals surface area (Å²) in [5.74, 6) is 0. The molecule has 0 unspecified atom stereocenters. The van der Waals surface area contributed by atoms with Crippen LogP contribution in [0.25, 0.3) is 0 Å². The largest absolute Gasteiger partial charge is 0.354 e. The molecule has 1 heterocycles. The summed E-state index contributed by atoms with van der Waals surface area (Å²) in [6.45, 7) is 0. The van der Waals surface area contributed by atoms with Gasteiger partial charge in [-0.05, 0) is 0 Å². The number of nitrogens with one attached hydrogen (secondary N) is 1. The first-order valence-electron chi connectivity index (χ1n) is 2.08. The Kier molecular flexibility index (Phi) is 1.39. The molecule has 48 valence electrons. The summed E-state index contributed by atoms with van der Waals surface area (Å²) < 4.78 is 0.632. The third-order valence-corrected chi connectivity index (χ3v) is 1.12. The number of thiol groups is 1. The highest BCUT2D eigenvalue weighted by atomic mass is 32.1. The van der Waals surface area contributed by atoms with Crippen molar-refractivity contribution in [3.8, 4) is 0 Å². The van der Waals surface area contributed by atoms with Gasteiger partial charge in [-0.15, -0.1) is 0 Å². The van der Waals surface area contributed by atoms with E-state index in [9.17, 15) is 9.59 Å². The first kappa shape index (κ1) is 6.09. The Morgan fingerprint density at radius 3 is 2.78 bits per heavy atom. The third kappa shape index (κ3) is 1.02. The first-order valence-corrected chi connectivity index (χ1v) is 2.48. The second kappa shape index (κ2) is 2.06. The van der Waals surface area contributed by atoms with Gasteiger partial charge < -0.3 is 0 Å². The van der Waals surface area contributed by atoms with Crippen molar-refractivity contribution in [2.75, 3.05) is 0 Å². The summed E-state index contributed by atoms with van der Waals surface area (Å²) in [6, 6.07) is 0. The number of H-pyrrole nitrogens is 1. The van der Waals surface area contributed by atoms with Crippen LogP contribution in [0, 0.1) is 0 Å². The topological polar surface area (TPSA) is 67.8 Å². The molecule has 0 atom stereocenters. The molecule has 9 heavy (non-hydrogen) atoms. The van der Waals surface area contributed by atoms with Gasteiger partial charge in [-0.1, -0.05) is 12.8 Å². The van der Waals surface area contributed by atoms with Gasteiger partial charge >= 0.3 is 5.69 Å². The predicted molar refractivity (Wildman–Crippen MR) is 33.5 cm³/mol. The van der Waals surface area contributed by atoms with Gasteiger partial charge in [-0.25, -0.2) is 13.9 Å². The van der Waals surface area contributed by atoms with Crippen LogP contribution in [-0.2, 0) is 0 Å². The maximum Gasteiger partial charge on any atom is 0.354 e. The van der Waals surface area contributed by atoms with Gasteiger partial charge in [-0.2, -0.15) is 5.10 Å². The highest BCUT2D eigenvalue weighted by Crippen LogP contribution is 1.63. The van der Waals surface area contributed by atoms with Crippen LogP contribution in [0.1, 0.15) is 0 Å². The molecule has 0 aliphatic rings. The molecule has 1 rings (SSSR count). The van der Waals surface area contributed by atoms with Crippen LogP contribution in [0.15, 0.2) is 15.8 Å². The Morgan fingerprint density at radius 1 is 1.67 bits per heavy atom. The quantitative estimate of drug-likeness (QED) is 0.442. The van der Waals surface area contributed by atoms with E-state index in [2.05, 4.69) is 17.9 Å². The van der Waals surface area contributed by atoms with Gasteiger partial charge in [0.05, 0.1) is 0 Å². The zero-order valence-electron chi connectivity index (χ0n) is 4.24. The average molecular weight is 145 g/mol. The number of hydrogen-bond donors (Lipinski definition) is 2. The number of aromatic amines is 1. The van der Waals surface area contributed by atoms with Gasteiger partial charge in [0, 0.05) is 0 Å². The van der Waals surface area contributed by atoms with Crippen molar-refractivity contribution in [3.63, 3.8) is 0 Å². The second-order valence-electron chi connectivity index (χ2n) is 1.33. The predicted octanol–water partition coefficient (Wildman–Crippen LogP) is -1.38. The van der Waals surface area contributed by atoms with Crippen LogP contribution < -0.4 is 11.2 Å². The van der Waals surface area contributed by atoms with E-state index in [0.717, 1.165) is 6.20 Å². The van der Waals surface area contributed by atoms with Gasteiger partial charge in [0.1, 0.15) is 6.20 Å². The molecule has 0 fully saturated rings. The molecule has 0 aliphatic heterocycles. The Bertz CT molecular complexity index is 285. The zero-order valence-corrected chi connectivity index (χ0v) is 5.13. The molecule has 0 saturated carbocycles. The lowest BCUT2D eigenvalue weighted by molar-refractivity contribution is 0.862. The third-order valence-electron chi connectivity index (χ3n) is 0.736. The molecule has 1 aromatic rings. The summed E-state index contributed by atoms with van der Waals surface area (Å²) in [4.78, 5) is 20.9. The summed E-state index contributed by atoms with van der Waals surface area (Å²) >= 11 is 3.53. The van der Waals surface area contributed by atoms with E-state index >= 15 is 0 Å². The smallest absolute Gasteiger partial charge is 0.266 e. The van der Waals surface area contributed by atoms with Gasteiger partial charge in [-0.3, -0.25) is 4.79 Å². The van der Waals surface area contributed by atoms with Gasteiger partial charge in [0.15, 0.2) is 0 Å². The fourth-order valence-corrected chi connectivity index (χ4v) is 0.441. The molecule has 0 aliphatic carbocycles. The van der Waals surface area contributed by atoms with Gasteiger partial charge in [0.25, 0.3) is 5.56 Å². The van der Waals surface area contributed by atoms with Crippen LogP contribution in [-0.4, -0.2) is 14.2 Å². The summed E-state index contributed by atoms with van der Waals surface area (Å²) in [5.41, 5.74) is -1.17. The SMILES string of the molecule is O=c1cn[nH]c(=O)n1S. The maximum atomic E-state index is 10.4. The van der Waals surface area contributed by atoms with E-state index in [0.29, 0.717) is 3.97 Å². The molecule has 1 N–H and O–H groups in total. The molecule has 0 bridgehead atoms. The van der Waals surface area contributed by atoms with E-state index in [1.165, 1.54) is 0 Å². The summed E-state index contributed by atoms with van der Waals surface area (Å²) in [5, 5.41) is 5.25. The molecular formula is C3H3N3O2S. The Morgan fingerprint density at radius 2 is 2.33 bits per heavy atom. The first-order chi connectivity index (χ1) is 4.22. The maximum absolute atomic E-state index is 10.4. The molecule has 5 nitrogen and oxygen atoms in total. The molecule has 0 spiro atoms. The van der Waals surface area contributed by atoms with Crippen molar-refractivity contribution in [2.24, 2.45) is 0 Å². The minimum Gasteiger partial charge on any atom is -0.266 e. The van der Waals surface area contributed by atoms with Crippen molar-refractivity contribution >= 4 is 12.8 Å². The van der Waals surface area contributed by atoms with Crippen LogP contribution in [0.5, 0.6) is 0 Å². The van der Waals surface area contributed by atoms with E-state index in [4.69, 9.17) is 0 Å². The molecule has 0 radical (unpaired) electrons. The lowest BCUT2D eigenvalue weighted by Crippen LogP contribution is -2.29. The Labute approximate surface area is 54.9 Å². The van der Waals surface area contributed by atoms with Crippen LogP contribution in [0.4, 0.5) is 0 Å².